The topological polar surface area (TPSA) is 84.4 Å². The van der Waals surface area contributed by atoms with Crippen LogP contribution in [0.25, 0.3) is 10.8 Å². The largest absolute Gasteiger partial charge is 0.381 e. The van der Waals surface area contributed by atoms with E-state index in [9.17, 15) is 8.42 Å². The van der Waals surface area contributed by atoms with Crippen molar-refractivity contribution >= 4 is 26.4 Å². The first kappa shape index (κ1) is 31.2. The van der Waals surface area contributed by atoms with E-state index in [-0.39, 0.29) is 35.3 Å². The summed E-state index contributed by atoms with van der Waals surface area (Å²) in [6.45, 7) is 5.06. The minimum absolute atomic E-state index is 0.0910. The summed E-state index contributed by atoms with van der Waals surface area (Å²) in [4.78, 5) is 2.18. The van der Waals surface area contributed by atoms with Gasteiger partial charge >= 0.3 is 0 Å². The number of halogens is 3. The fraction of sp³-hybridized carbons (Fsp3) is 0.576. The van der Waals surface area contributed by atoms with Gasteiger partial charge in [-0.25, -0.2) is 21.6 Å². The Bertz CT molecular complexity index is 1580. The molecule has 2 aromatic carbocycles. The van der Waals surface area contributed by atoms with Crippen molar-refractivity contribution in [1.82, 2.24) is 15.1 Å². The molecule has 1 atom stereocenters. The summed E-state index contributed by atoms with van der Waals surface area (Å²) in [6, 6.07) is 7.75. The van der Waals surface area contributed by atoms with Gasteiger partial charge in [-0.05, 0) is 81.0 Å². The minimum atomic E-state index is -3.28. The summed E-state index contributed by atoms with van der Waals surface area (Å²) in [6.07, 6.45) is 5.86. The SMILES string of the molecule is C[C@H]1Nc2nncc3c(cc(C4CCS(=O)(=O)CC4)cc23)CCCOCCCCN2CC(C2)CC(F)(F)c2cccc1c2F. The van der Waals surface area contributed by atoms with Gasteiger partial charge in [0.15, 0.2) is 5.82 Å². The van der Waals surface area contributed by atoms with E-state index >= 15 is 13.2 Å². The highest BCUT2D eigenvalue weighted by molar-refractivity contribution is 7.91. The first-order chi connectivity index (χ1) is 21.1. The fourth-order valence-corrected chi connectivity index (χ4v) is 8.47. The average Bonchev–Trinajstić information content (AvgIpc) is 2.96. The molecule has 7 nitrogen and oxygen atoms in total. The van der Waals surface area contributed by atoms with E-state index in [2.05, 4.69) is 26.5 Å². The number of hydrogen-bond acceptors (Lipinski definition) is 7. The van der Waals surface area contributed by atoms with Crippen molar-refractivity contribution in [1.29, 1.82) is 0 Å². The third-order valence-corrected chi connectivity index (χ3v) is 11.2. The van der Waals surface area contributed by atoms with Crippen LogP contribution in [0.3, 0.4) is 0 Å². The molecule has 4 aliphatic heterocycles. The number of sulfone groups is 1. The lowest BCUT2D eigenvalue weighted by atomic mass is 9.88. The maximum Gasteiger partial charge on any atom is 0.276 e. The van der Waals surface area contributed by atoms with Gasteiger partial charge < -0.3 is 15.0 Å². The maximum atomic E-state index is 15.8. The zero-order valence-electron chi connectivity index (χ0n) is 25.2. The number of alkyl halides is 2. The van der Waals surface area contributed by atoms with E-state index in [0.717, 1.165) is 54.1 Å². The predicted octanol–water partition coefficient (Wildman–Crippen LogP) is 6.39. The molecule has 1 aromatic heterocycles. The zero-order valence-corrected chi connectivity index (χ0v) is 26.0. The molecule has 1 N–H and O–H groups in total. The molecule has 4 aliphatic rings. The van der Waals surface area contributed by atoms with E-state index in [1.165, 1.54) is 18.2 Å². The number of nitrogens with one attached hydrogen (secondary N) is 1. The van der Waals surface area contributed by atoms with Crippen molar-refractivity contribution in [3.05, 3.63) is 64.6 Å². The third-order valence-electron chi connectivity index (χ3n) is 9.48. The van der Waals surface area contributed by atoms with Crippen LogP contribution < -0.4 is 5.32 Å². The summed E-state index contributed by atoms with van der Waals surface area (Å²) in [5, 5.41) is 13.6. The quantitative estimate of drug-likeness (QED) is 0.334. The zero-order chi connectivity index (χ0) is 30.9. The maximum absolute atomic E-state index is 15.8. The lowest BCUT2D eigenvalue weighted by Crippen LogP contribution is -2.48. The van der Waals surface area contributed by atoms with E-state index < -0.39 is 33.2 Å². The smallest absolute Gasteiger partial charge is 0.276 e. The first-order valence-electron chi connectivity index (χ1n) is 15.8. The van der Waals surface area contributed by atoms with E-state index in [4.69, 9.17) is 4.74 Å². The van der Waals surface area contributed by atoms with E-state index in [1.54, 1.807) is 13.1 Å². The van der Waals surface area contributed by atoms with Crippen molar-refractivity contribution in [3.63, 3.8) is 0 Å². The second-order valence-corrected chi connectivity index (χ2v) is 15.1. The number of fused-ring (bicyclic) bond motifs is 9. The molecule has 238 valence electrons. The van der Waals surface area contributed by atoms with Crippen LogP contribution in [0, 0.1) is 11.7 Å². The number of aromatic nitrogens is 2. The molecule has 0 amide bonds. The van der Waals surface area contributed by atoms with Crippen LogP contribution in [-0.2, 0) is 26.9 Å². The van der Waals surface area contributed by atoms with Crippen molar-refractivity contribution in [2.24, 2.45) is 5.92 Å². The standard InChI is InChI=1S/C33H41F3N4O3S/c1-22-27-7-4-8-30(31(27)34)33(35,36)18-23-20-40(21-23)11-2-3-12-43-13-5-6-25-16-26(24-9-14-44(41,42)15-10-24)17-28-29(25)19-37-39-32(28)38-22/h4,7-8,16-17,19,22-24H,2-3,5-6,9-15,18,20-21H2,1H3,(H,38,39)/t22-/m1/s1. The highest BCUT2D eigenvalue weighted by Gasteiger charge is 2.41. The monoisotopic (exact) mass is 630 g/mol. The molecule has 0 radical (unpaired) electrons. The highest BCUT2D eigenvalue weighted by Crippen LogP contribution is 2.41. The number of ether oxygens (including phenoxy) is 1. The third kappa shape index (κ3) is 6.89. The van der Waals surface area contributed by atoms with Gasteiger partial charge in [0.2, 0.25) is 0 Å². The Labute approximate surface area is 257 Å². The predicted molar refractivity (Wildman–Crippen MR) is 165 cm³/mol. The summed E-state index contributed by atoms with van der Waals surface area (Å²) < 4.78 is 76.9. The normalized spacial score (nSPS) is 26.6. The van der Waals surface area contributed by atoms with Crippen molar-refractivity contribution < 1.29 is 26.3 Å². The Morgan fingerprint density at radius 2 is 1.82 bits per heavy atom. The number of nitrogens with zero attached hydrogens (tertiary/aromatic N) is 3. The number of rotatable bonds is 1. The summed E-state index contributed by atoms with van der Waals surface area (Å²) >= 11 is 0. The molecule has 8 bridgehead atoms. The number of hydrogen-bond donors (Lipinski definition) is 1. The van der Waals surface area contributed by atoms with Crippen molar-refractivity contribution in [2.45, 2.75) is 69.8 Å². The molecule has 5 heterocycles. The summed E-state index contributed by atoms with van der Waals surface area (Å²) in [5.41, 5.74) is 1.69. The van der Waals surface area contributed by atoms with Crippen LogP contribution in [0.1, 0.15) is 79.7 Å². The van der Waals surface area contributed by atoms with E-state index in [0.29, 0.717) is 45.0 Å². The van der Waals surface area contributed by atoms with Crippen molar-refractivity contribution in [2.75, 3.05) is 49.7 Å². The number of aryl methyl sites for hydroxylation is 1. The minimum Gasteiger partial charge on any atom is -0.381 e. The second-order valence-electron chi connectivity index (χ2n) is 12.8. The number of anilines is 1. The molecule has 0 aliphatic carbocycles. The van der Waals surface area contributed by atoms with Gasteiger partial charge in [0.05, 0.1) is 29.3 Å². The van der Waals surface area contributed by atoms with Crippen LogP contribution in [0.5, 0.6) is 0 Å². The second kappa shape index (κ2) is 12.9. The molecule has 2 saturated heterocycles. The van der Waals surface area contributed by atoms with Crippen LogP contribution in [-0.4, -0.2) is 67.9 Å². The summed E-state index contributed by atoms with van der Waals surface area (Å²) in [5.74, 6) is -3.50. The Hall–Kier alpha value is -2.76. The lowest BCUT2D eigenvalue weighted by molar-refractivity contribution is -0.0594. The van der Waals surface area contributed by atoms with Crippen molar-refractivity contribution in [3.8, 4) is 0 Å². The van der Waals surface area contributed by atoms with Crippen LogP contribution in [0.2, 0.25) is 0 Å². The Balaban J connectivity index is 1.35. The Kier molecular flexibility index (Phi) is 9.17. The van der Waals surface area contributed by atoms with Gasteiger partial charge in [-0.1, -0.05) is 24.3 Å². The first-order valence-corrected chi connectivity index (χ1v) is 17.6. The van der Waals surface area contributed by atoms with Gasteiger partial charge in [0.1, 0.15) is 15.7 Å². The van der Waals surface area contributed by atoms with Gasteiger partial charge in [0, 0.05) is 49.1 Å². The molecular weight excluding hydrogens is 589 g/mol. The highest BCUT2D eigenvalue weighted by atomic mass is 32.2. The fourth-order valence-electron chi connectivity index (χ4n) is 6.97. The van der Waals surface area contributed by atoms with Crippen LogP contribution >= 0.6 is 0 Å². The molecule has 0 spiro atoms. The molecular formula is C33H41F3N4O3S. The summed E-state index contributed by atoms with van der Waals surface area (Å²) in [7, 11) is -3.02. The van der Waals surface area contributed by atoms with Gasteiger partial charge in [-0.2, -0.15) is 5.10 Å². The van der Waals surface area contributed by atoms with Crippen LogP contribution in [0.4, 0.5) is 19.0 Å². The Morgan fingerprint density at radius 1 is 1.05 bits per heavy atom. The number of benzene rings is 2. The van der Waals surface area contributed by atoms with Crippen LogP contribution in [0.15, 0.2) is 36.5 Å². The van der Waals surface area contributed by atoms with Gasteiger partial charge in [-0.3, -0.25) is 0 Å². The molecule has 2 fully saturated rings. The van der Waals surface area contributed by atoms with E-state index in [1.807, 2.05) is 6.07 Å². The Morgan fingerprint density at radius 3 is 2.61 bits per heavy atom. The molecule has 0 saturated carbocycles. The lowest BCUT2D eigenvalue weighted by Gasteiger charge is -2.41. The molecule has 3 aromatic rings. The molecule has 0 unspecified atom stereocenters. The van der Waals surface area contributed by atoms with Gasteiger partial charge in [-0.15, -0.1) is 5.10 Å². The molecule has 7 rings (SSSR count). The van der Waals surface area contributed by atoms with Gasteiger partial charge in [0.25, 0.3) is 5.92 Å². The molecule has 44 heavy (non-hydrogen) atoms. The molecule has 11 heteroatoms. The average molecular weight is 631 g/mol.